The van der Waals surface area contributed by atoms with Crippen molar-refractivity contribution >= 4 is 23.2 Å². The van der Waals surface area contributed by atoms with E-state index >= 15 is 0 Å². The number of anilines is 1. The Kier molecular flexibility index (Phi) is 5.28. The Bertz CT molecular complexity index is 695. The predicted octanol–water partition coefficient (Wildman–Crippen LogP) is 3.43. The Morgan fingerprint density at radius 1 is 1.26 bits per heavy atom. The quantitative estimate of drug-likeness (QED) is 0.815. The van der Waals surface area contributed by atoms with Gasteiger partial charge in [-0.1, -0.05) is 17.7 Å². The van der Waals surface area contributed by atoms with Crippen LogP contribution in [0.25, 0.3) is 0 Å². The maximum absolute atomic E-state index is 12.2. The lowest BCUT2D eigenvalue weighted by Crippen LogP contribution is -2.30. The highest BCUT2D eigenvalue weighted by Crippen LogP contribution is 2.20. The first-order valence-corrected chi connectivity index (χ1v) is 6.69. The van der Waals surface area contributed by atoms with Crippen molar-refractivity contribution in [1.82, 2.24) is 10.4 Å². The van der Waals surface area contributed by atoms with Crippen molar-refractivity contribution < 1.29 is 22.7 Å². The first kappa shape index (κ1) is 16.9. The largest absolute Gasteiger partial charge is 0.467 e. The second-order valence-electron chi connectivity index (χ2n) is 4.35. The highest BCUT2D eigenvalue weighted by Gasteiger charge is 2.29. The van der Waals surface area contributed by atoms with Gasteiger partial charge in [-0.3, -0.25) is 15.6 Å². The molecule has 1 aromatic heterocycles. The number of aromatic nitrogens is 1. The summed E-state index contributed by atoms with van der Waals surface area (Å²) in [5.74, 6) is -1.11. The fraction of sp³-hybridized carbons (Fsp3) is 0.143. The zero-order chi connectivity index (χ0) is 16.9. The Morgan fingerprint density at radius 2 is 2.04 bits per heavy atom. The summed E-state index contributed by atoms with van der Waals surface area (Å²) in [4.78, 5) is 15.7. The van der Waals surface area contributed by atoms with E-state index in [9.17, 15) is 18.0 Å². The molecule has 0 fully saturated rings. The molecule has 2 N–H and O–H groups in total. The van der Waals surface area contributed by atoms with Crippen molar-refractivity contribution in [3.05, 3.63) is 53.2 Å². The van der Waals surface area contributed by atoms with E-state index in [4.69, 9.17) is 11.6 Å². The minimum atomic E-state index is -4.52. The molecule has 0 saturated carbocycles. The number of carbonyl (C=O) groups is 1. The molecule has 0 atom stereocenters. The maximum atomic E-state index is 12.2. The standard InChI is InChI=1S/C14H11ClF3N3O2/c15-9-3-1-4-10(7-9)20-21-12(22)11-5-2-6-19-13(11)23-8-14(16,17)18/h1-7,20H,8H2,(H,21,22). The van der Waals surface area contributed by atoms with Crippen molar-refractivity contribution in [3.63, 3.8) is 0 Å². The van der Waals surface area contributed by atoms with Crippen LogP contribution >= 0.6 is 11.6 Å². The van der Waals surface area contributed by atoms with Crippen molar-refractivity contribution in [3.8, 4) is 5.88 Å². The molecule has 0 bridgehead atoms. The lowest BCUT2D eigenvalue weighted by Gasteiger charge is -2.13. The Balaban J connectivity index is 2.04. The molecular formula is C14H11ClF3N3O2. The van der Waals surface area contributed by atoms with E-state index in [0.717, 1.165) is 0 Å². The molecule has 5 nitrogen and oxygen atoms in total. The van der Waals surface area contributed by atoms with Gasteiger partial charge in [0.1, 0.15) is 5.56 Å². The molecule has 0 unspecified atom stereocenters. The van der Waals surface area contributed by atoms with Gasteiger partial charge >= 0.3 is 6.18 Å². The number of hydrogen-bond donors (Lipinski definition) is 2. The highest BCUT2D eigenvalue weighted by molar-refractivity contribution is 6.30. The van der Waals surface area contributed by atoms with Crippen molar-refractivity contribution in [2.24, 2.45) is 0 Å². The second-order valence-corrected chi connectivity index (χ2v) is 4.79. The topological polar surface area (TPSA) is 63.2 Å². The van der Waals surface area contributed by atoms with Crippen LogP contribution in [0.5, 0.6) is 5.88 Å². The van der Waals surface area contributed by atoms with Gasteiger partial charge in [0, 0.05) is 11.2 Å². The number of hydrogen-bond acceptors (Lipinski definition) is 4. The van der Waals surface area contributed by atoms with Gasteiger partial charge < -0.3 is 4.74 Å². The molecule has 122 valence electrons. The number of halogens is 4. The van der Waals surface area contributed by atoms with Crippen LogP contribution in [0.1, 0.15) is 10.4 Å². The van der Waals surface area contributed by atoms with E-state index in [0.29, 0.717) is 10.7 Å². The molecule has 0 aliphatic heterocycles. The molecule has 1 aromatic carbocycles. The third kappa shape index (κ3) is 5.33. The van der Waals surface area contributed by atoms with Gasteiger partial charge in [-0.05, 0) is 30.3 Å². The third-order valence-electron chi connectivity index (χ3n) is 2.53. The van der Waals surface area contributed by atoms with Gasteiger partial charge in [-0.2, -0.15) is 13.2 Å². The summed E-state index contributed by atoms with van der Waals surface area (Å²) in [7, 11) is 0. The average Bonchev–Trinajstić information content (AvgIpc) is 2.50. The normalized spacial score (nSPS) is 11.0. The van der Waals surface area contributed by atoms with Crippen LogP contribution in [-0.2, 0) is 0 Å². The predicted molar refractivity (Wildman–Crippen MR) is 78.3 cm³/mol. The molecule has 1 heterocycles. The molecule has 1 amide bonds. The SMILES string of the molecule is O=C(NNc1cccc(Cl)c1)c1cccnc1OCC(F)(F)F. The minimum absolute atomic E-state index is 0.133. The van der Waals surface area contributed by atoms with Crippen LogP contribution in [0.2, 0.25) is 5.02 Å². The van der Waals surface area contributed by atoms with Crippen molar-refractivity contribution in [1.29, 1.82) is 0 Å². The fourth-order valence-corrected chi connectivity index (χ4v) is 1.78. The number of benzene rings is 1. The summed E-state index contributed by atoms with van der Waals surface area (Å²) < 4.78 is 41.2. The summed E-state index contributed by atoms with van der Waals surface area (Å²) in [6.07, 6.45) is -3.29. The molecule has 0 aliphatic rings. The van der Waals surface area contributed by atoms with E-state index in [-0.39, 0.29) is 5.56 Å². The fourth-order valence-electron chi connectivity index (χ4n) is 1.59. The maximum Gasteiger partial charge on any atom is 0.422 e. The first-order chi connectivity index (χ1) is 10.8. The Hall–Kier alpha value is -2.48. The summed E-state index contributed by atoms with van der Waals surface area (Å²) in [5.41, 5.74) is 5.30. The Morgan fingerprint density at radius 3 is 2.74 bits per heavy atom. The van der Waals surface area contributed by atoms with Crippen LogP contribution in [0.3, 0.4) is 0 Å². The summed E-state index contributed by atoms with van der Waals surface area (Å²) in [5, 5.41) is 0.458. The summed E-state index contributed by atoms with van der Waals surface area (Å²) in [6, 6.07) is 9.24. The number of pyridine rings is 1. The van der Waals surface area contributed by atoms with Crippen LogP contribution in [0, 0.1) is 0 Å². The van der Waals surface area contributed by atoms with Gasteiger partial charge in [0.25, 0.3) is 5.91 Å². The third-order valence-corrected chi connectivity index (χ3v) is 2.77. The van der Waals surface area contributed by atoms with E-state index in [1.165, 1.54) is 18.3 Å². The molecule has 0 radical (unpaired) electrons. The smallest absolute Gasteiger partial charge is 0.422 e. The number of ether oxygens (including phenoxy) is 1. The first-order valence-electron chi connectivity index (χ1n) is 6.31. The van der Waals surface area contributed by atoms with Crippen molar-refractivity contribution in [2.45, 2.75) is 6.18 Å². The zero-order valence-corrected chi connectivity index (χ0v) is 12.3. The highest BCUT2D eigenvalue weighted by atomic mass is 35.5. The number of amides is 1. The number of carbonyl (C=O) groups excluding carboxylic acids is 1. The van der Waals surface area contributed by atoms with E-state index in [2.05, 4.69) is 20.6 Å². The molecule has 2 rings (SSSR count). The van der Waals surface area contributed by atoms with Crippen LogP contribution < -0.4 is 15.6 Å². The molecule has 2 aromatic rings. The zero-order valence-electron chi connectivity index (χ0n) is 11.5. The number of nitrogens with one attached hydrogen (secondary N) is 2. The molecular weight excluding hydrogens is 335 g/mol. The monoisotopic (exact) mass is 345 g/mol. The summed E-state index contributed by atoms with van der Waals surface area (Å²) in [6.45, 7) is -1.54. The van der Waals surface area contributed by atoms with Crippen molar-refractivity contribution in [2.75, 3.05) is 12.0 Å². The minimum Gasteiger partial charge on any atom is -0.467 e. The van der Waals surface area contributed by atoms with Gasteiger partial charge in [0.2, 0.25) is 5.88 Å². The van der Waals surface area contributed by atoms with Gasteiger partial charge in [-0.15, -0.1) is 0 Å². The lowest BCUT2D eigenvalue weighted by atomic mass is 10.2. The van der Waals surface area contributed by atoms with E-state index < -0.39 is 24.6 Å². The van der Waals surface area contributed by atoms with E-state index in [1.807, 2.05) is 0 Å². The van der Waals surface area contributed by atoms with Crippen LogP contribution in [0.4, 0.5) is 18.9 Å². The molecule has 0 saturated heterocycles. The lowest BCUT2D eigenvalue weighted by molar-refractivity contribution is -0.154. The van der Waals surface area contributed by atoms with E-state index in [1.54, 1.807) is 24.3 Å². The van der Waals surface area contributed by atoms with Crippen LogP contribution in [0.15, 0.2) is 42.6 Å². The molecule has 0 aliphatic carbocycles. The summed E-state index contributed by atoms with van der Waals surface area (Å²) >= 11 is 5.80. The number of nitrogens with zero attached hydrogens (tertiary/aromatic N) is 1. The number of hydrazine groups is 1. The number of alkyl halides is 3. The van der Waals surface area contributed by atoms with Crippen LogP contribution in [-0.4, -0.2) is 23.7 Å². The Labute approximate surface area is 134 Å². The second kappa shape index (κ2) is 7.19. The van der Waals surface area contributed by atoms with Gasteiger partial charge in [0.15, 0.2) is 6.61 Å². The van der Waals surface area contributed by atoms with Gasteiger partial charge in [0.05, 0.1) is 5.69 Å². The average molecular weight is 346 g/mol. The molecule has 0 spiro atoms. The number of rotatable bonds is 5. The molecule has 9 heteroatoms. The molecule has 23 heavy (non-hydrogen) atoms. The van der Waals surface area contributed by atoms with Gasteiger partial charge in [-0.25, -0.2) is 4.98 Å².